The molecule has 112 valence electrons. The molecule has 0 saturated carbocycles. The van der Waals surface area contributed by atoms with Crippen molar-refractivity contribution in [2.45, 2.75) is 19.1 Å². The lowest BCUT2D eigenvalue weighted by Crippen LogP contribution is -2.49. The number of halogens is 3. The van der Waals surface area contributed by atoms with Crippen molar-refractivity contribution >= 4 is 15.9 Å². The van der Waals surface area contributed by atoms with E-state index in [9.17, 15) is 8.78 Å². The minimum Gasteiger partial charge on any atom is -0.374 e. The Kier molecular flexibility index (Phi) is 5.45. The first kappa shape index (κ1) is 15.8. The third kappa shape index (κ3) is 3.17. The Morgan fingerprint density at radius 3 is 2.95 bits per heavy atom. The molecule has 1 fully saturated rings. The van der Waals surface area contributed by atoms with Crippen LogP contribution in [0.25, 0.3) is 0 Å². The Bertz CT molecular complexity index is 475. The summed E-state index contributed by atoms with van der Waals surface area (Å²) >= 11 is 3.07. The van der Waals surface area contributed by atoms with Crippen LogP contribution in [0.5, 0.6) is 0 Å². The highest BCUT2D eigenvalue weighted by atomic mass is 79.9. The van der Waals surface area contributed by atoms with E-state index in [2.05, 4.69) is 26.3 Å². The van der Waals surface area contributed by atoms with Crippen LogP contribution in [0.15, 0.2) is 16.6 Å². The van der Waals surface area contributed by atoms with Crippen LogP contribution < -0.4 is 11.3 Å². The van der Waals surface area contributed by atoms with E-state index in [1.165, 1.54) is 12.1 Å². The summed E-state index contributed by atoms with van der Waals surface area (Å²) in [5, 5.41) is 0. The van der Waals surface area contributed by atoms with Gasteiger partial charge in [0.1, 0.15) is 11.6 Å². The van der Waals surface area contributed by atoms with Crippen molar-refractivity contribution in [3.05, 3.63) is 33.8 Å². The van der Waals surface area contributed by atoms with Crippen molar-refractivity contribution in [3.63, 3.8) is 0 Å². The number of hydrazine groups is 1. The maximum atomic E-state index is 14.2. The van der Waals surface area contributed by atoms with Crippen LogP contribution >= 0.6 is 15.9 Å². The number of hydrogen-bond acceptors (Lipinski definition) is 4. The average molecular weight is 350 g/mol. The highest BCUT2D eigenvalue weighted by Crippen LogP contribution is 2.30. The van der Waals surface area contributed by atoms with E-state index < -0.39 is 23.8 Å². The third-order valence-corrected chi connectivity index (χ3v) is 4.18. The van der Waals surface area contributed by atoms with Crippen molar-refractivity contribution in [2.24, 2.45) is 5.84 Å². The fourth-order valence-corrected chi connectivity index (χ4v) is 2.77. The molecule has 0 radical (unpaired) electrons. The van der Waals surface area contributed by atoms with Gasteiger partial charge in [-0.2, -0.15) is 0 Å². The molecule has 1 heterocycles. The molecule has 0 aromatic heterocycles. The van der Waals surface area contributed by atoms with Crippen LogP contribution in [0.2, 0.25) is 0 Å². The zero-order valence-corrected chi connectivity index (χ0v) is 12.8. The van der Waals surface area contributed by atoms with E-state index in [1.807, 2.05) is 6.92 Å². The molecule has 7 heteroatoms. The number of benzene rings is 1. The summed E-state index contributed by atoms with van der Waals surface area (Å²) in [5.74, 6) is 4.23. The number of nitrogens with one attached hydrogen (secondary N) is 1. The highest BCUT2D eigenvalue weighted by Gasteiger charge is 2.32. The molecule has 1 aromatic carbocycles. The van der Waals surface area contributed by atoms with Gasteiger partial charge in [0, 0.05) is 18.7 Å². The Morgan fingerprint density at radius 2 is 2.30 bits per heavy atom. The Balaban J connectivity index is 2.30. The standard InChI is InChI=1S/C13H18BrF2N3O/c1-2-19-5-6-20-10(7-19)13(18-17)11-9(15)4-3-8(14)12(11)16/h3-4,10,13,18H,2,5-7,17H2,1H3. The molecule has 1 aliphatic heterocycles. The second-order valence-corrected chi connectivity index (χ2v) is 5.56. The quantitative estimate of drug-likeness (QED) is 0.495. The summed E-state index contributed by atoms with van der Waals surface area (Å²) < 4.78 is 34.0. The normalized spacial score (nSPS) is 21.9. The molecule has 0 aliphatic carbocycles. The SMILES string of the molecule is CCN1CCOC(C(NN)c2c(F)ccc(Br)c2F)C1. The van der Waals surface area contributed by atoms with Gasteiger partial charge in [-0.15, -0.1) is 0 Å². The summed E-state index contributed by atoms with van der Waals surface area (Å²) in [7, 11) is 0. The van der Waals surface area contributed by atoms with Crippen molar-refractivity contribution in [1.82, 2.24) is 10.3 Å². The van der Waals surface area contributed by atoms with Crippen molar-refractivity contribution < 1.29 is 13.5 Å². The average Bonchev–Trinajstić information content (AvgIpc) is 2.47. The lowest BCUT2D eigenvalue weighted by molar-refractivity contribution is -0.0467. The van der Waals surface area contributed by atoms with Gasteiger partial charge in [0.05, 0.1) is 23.2 Å². The number of nitrogens with zero attached hydrogens (tertiary/aromatic N) is 1. The lowest BCUT2D eigenvalue weighted by Gasteiger charge is -2.36. The number of likely N-dealkylation sites (N-methyl/N-ethyl adjacent to an activating group) is 1. The molecule has 2 rings (SSSR count). The molecule has 0 bridgehead atoms. The Labute approximate surface area is 125 Å². The Hall–Kier alpha value is -0.600. The molecule has 1 aromatic rings. The second-order valence-electron chi connectivity index (χ2n) is 4.70. The van der Waals surface area contributed by atoms with Crippen LogP contribution in [0, 0.1) is 11.6 Å². The van der Waals surface area contributed by atoms with Gasteiger partial charge >= 0.3 is 0 Å². The summed E-state index contributed by atoms with van der Waals surface area (Å²) in [6.07, 6.45) is -0.396. The predicted octanol–water partition coefficient (Wildman–Crippen LogP) is 1.95. The molecule has 2 unspecified atom stereocenters. The van der Waals surface area contributed by atoms with Crippen LogP contribution in [-0.2, 0) is 4.74 Å². The lowest BCUT2D eigenvalue weighted by atomic mass is 9.99. The van der Waals surface area contributed by atoms with Gasteiger partial charge < -0.3 is 4.74 Å². The molecule has 1 saturated heterocycles. The van der Waals surface area contributed by atoms with Gasteiger partial charge in [0.2, 0.25) is 0 Å². The molecule has 4 nitrogen and oxygen atoms in total. The Morgan fingerprint density at radius 1 is 1.55 bits per heavy atom. The fourth-order valence-electron chi connectivity index (χ4n) is 2.42. The molecule has 2 atom stereocenters. The first-order valence-electron chi connectivity index (χ1n) is 6.52. The van der Waals surface area contributed by atoms with Gasteiger partial charge in [-0.25, -0.2) is 8.78 Å². The van der Waals surface area contributed by atoms with Gasteiger partial charge in [0.15, 0.2) is 0 Å². The molecule has 0 amide bonds. The number of nitrogens with two attached hydrogens (primary N) is 1. The first-order chi connectivity index (χ1) is 9.58. The smallest absolute Gasteiger partial charge is 0.145 e. The van der Waals surface area contributed by atoms with E-state index >= 15 is 0 Å². The maximum Gasteiger partial charge on any atom is 0.145 e. The molecule has 20 heavy (non-hydrogen) atoms. The number of ether oxygens (including phenoxy) is 1. The zero-order valence-electron chi connectivity index (χ0n) is 11.2. The largest absolute Gasteiger partial charge is 0.374 e. The summed E-state index contributed by atoms with van der Waals surface area (Å²) in [4.78, 5) is 2.16. The van der Waals surface area contributed by atoms with Crippen LogP contribution in [0.1, 0.15) is 18.5 Å². The third-order valence-electron chi connectivity index (χ3n) is 3.57. The van der Waals surface area contributed by atoms with E-state index in [1.54, 1.807) is 0 Å². The topological polar surface area (TPSA) is 50.5 Å². The maximum absolute atomic E-state index is 14.2. The fraction of sp³-hybridized carbons (Fsp3) is 0.538. The summed E-state index contributed by atoms with van der Waals surface area (Å²) in [6, 6.07) is 1.82. The number of morpholine rings is 1. The van der Waals surface area contributed by atoms with Crippen molar-refractivity contribution in [2.75, 3.05) is 26.2 Å². The highest BCUT2D eigenvalue weighted by molar-refractivity contribution is 9.10. The molecule has 1 aliphatic rings. The van der Waals surface area contributed by atoms with Gasteiger partial charge in [-0.3, -0.25) is 16.2 Å². The summed E-state index contributed by atoms with van der Waals surface area (Å²) in [6.45, 7) is 4.81. The monoisotopic (exact) mass is 349 g/mol. The van der Waals surface area contributed by atoms with Crippen LogP contribution in [0.3, 0.4) is 0 Å². The van der Waals surface area contributed by atoms with E-state index in [-0.39, 0.29) is 10.0 Å². The molecule has 0 spiro atoms. The zero-order chi connectivity index (χ0) is 14.7. The molecule has 3 N–H and O–H groups in total. The van der Waals surface area contributed by atoms with E-state index in [4.69, 9.17) is 10.6 Å². The molecular formula is C13H18BrF2N3O. The van der Waals surface area contributed by atoms with E-state index in [0.29, 0.717) is 13.2 Å². The van der Waals surface area contributed by atoms with E-state index in [0.717, 1.165) is 13.1 Å². The van der Waals surface area contributed by atoms with Crippen LogP contribution in [-0.4, -0.2) is 37.2 Å². The first-order valence-corrected chi connectivity index (χ1v) is 7.31. The van der Waals surface area contributed by atoms with Crippen molar-refractivity contribution in [3.8, 4) is 0 Å². The van der Waals surface area contributed by atoms with Crippen LogP contribution in [0.4, 0.5) is 8.78 Å². The summed E-state index contributed by atoms with van der Waals surface area (Å²) in [5.41, 5.74) is 2.40. The van der Waals surface area contributed by atoms with Gasteiger partial charge in [-0.05, 0) is 34.6 Å². The second kappa shape index (κ2) is 6.91. The number of rotatable bonds is 4. The van der Waals surface area contributed by atoms with Gasteiger partial charge in [-0.1, -0.05) is 6.92 Å². The van der Waals surface area contributed by atoms with Gasteiger partial charge in [0.25, 0.3) is 0 Å². The minimum absolute atomic E-state index is 0.0928. The predicted molar refractivity (Wildman–Crippen MR) is 76.0 cm³/mol. The number of hydrogen-bond donors (Lipinski definition) is 2. The minimum atomic E-state index is -0.734. The van der Waals surface area contributed by atoms with Crippen molar-refractivity contribution in [1.29, 1.82) is 0 Å². The molecular weight excluding hydrogens is 332 g/mol.